The van der Waals surface area contributed by atoms with Gasteiger partial charge in [0.15, 0.2) is 11.5 Å². The van der Waals surface area contributed by atoms with Gasteiger partial charge in [-0.2, -0.15) is 0 Å². The lowest BCUT2D eigenvalue weighted by atomic mass is 9.96. The van der Waals surface area contributed by atoms with Gasteiger partial charge in [-0.1, -0.05) is 17.4 Å². The van der Waals surface area contributed by atoms with Crippen molar-refractivity contribution in [3.05, 3.63) is 72.1 Å². The van der Waals surface area contributed by atoms with Crippen molar-refractivity contribution in [1.29, 1.82) is 0 Å². The Balaban J connectivity index is 1.09. The number of aromatic nitrogens is 3. The lowest BCUT2D eigenvalue weighted by molar-refractivity contribution is -0.125. The minimum atomic E-state index is 0.00349. The van der Waals surface area contributed by atoms with Crippen LogP contribution in [0.3, 0.4) is 0 Å². The van der Waals surface area contributed by atoms with E-state index in [0.717, 1.165) is 65.3 Å². The van der Waals surface area contributed by atoms with Gasteiger partial charge in [0.05, 0.1) is 27.4 Å². The van der Waals surface area contributed by atoms with Gasteiger partial charge >= 0.3 is 0 Å². The van der Waals surface area contributed by atoms with E-state index < -0.39 is 0 Å². The standard InChI is InChI=1S/C31H38N6O4S/c1-4-41-26-10-8-24(9-11-26)33-21-25-6-5-17-37(25)31-35-34-30(42-31)36-18-14-23(15-19-36)29(38)32-16-13-22-7-12-27(39-2)28(20-22)40-3/h5-12,17,20,23,33H,4,13-16,18-19,21H2,1-3H3,(H,32,38). The van der Waals surface area contributed by atoms with Gasteiger partial charge in [0.2, 0.25) is 16.2 Å². The van der Waals surface area contributed by atoms with E-state index in [1.165, 1.54) is 0 Å². The SMILES string of the molecule is CCOc1ccc(NCc2cccn2-c2nnc(N3CCC(C(=O)NCCc4ccc(OC)c(OC)c4)CC3)s2)cc1. The summed E-state index contributed by atoms with van der Waals surface area (Å²) in [5, 5.41) is 17.3. The second-order valence-corrected chi connectivity index (χ2v) is 11.0. The predicted molar refractivity (Wildman–Crippen MR) is 165 cm³/mol. The number of hydrogen-bond acceptors (Lipinski definition) is 9. The lowest BCUT2D eigenvalue weighted by Crippen LogP contribution is -2.41. The summed E-state index contributed by atoms with van der Waals surface area (Å²) in [6.45, 7) is 5.43. The molecule has 1 saturated heterocycles. The van der Waals surface area contributed by atoms with Gasteiger partial charge in [0.25, 0.3) is 0 Å². The number of benzene rings is 2. The van der Waals surface area contributed by atoms with Crippen LogP contribution in [-0.4, -0.2) is 61.1 Å². The summed E-state index contributed by atoms with van der Waals surface area (Å²) in [5.41, 5.74) is 3.21. The minimum Gasteiger partial charge on any atom is -0.494 e. The molecule has 10 nitrogen and oxygen atoms in total. The molecule has 5 rings (SSSR count). The Morgan fingerprint density at radius 1 is 1.00 bits per heavy atom. The largest absolute Gasteiger partial charge is 0.494 e. The Hall–Kier alpha value is -4.25. The number of carbonyl (C=O) groups is 1. The molecule has 0 spiro atoms. The van der Waals surface area contributed by atoms with Gasteiger partial charge in [-0.3, -0.25) is 9.36 Å². The van der Waals surface area contributed by atoms with Crippen LogP contribution in [0.15, 0.2) is 60.8 Å². The maximum absolute atomic E-state index is 12.8. The van der Waals surface area contributed by atoms with Gasteiger partial charge in [0.1, 0.15) is 5.75 Å². The van der Waals surface area contributed by atoms with Crippen LogP contribution >= 0.6 is 11.3 Å². The Labute approximate surface area is 250 Å². The molecule has 1 amide bonds. The predicted octanol–water partition coefficient (Wildman–Crippen LogP) is 4.93. The summed E-state index contributed by atoms with van der Waals surface area (Å²) in [5.74, 6) is 2.38. The fourth-order valence-electron chi connectivity index (χ4n) is 5.05. The highest BCUT2D eigenvalue weighted by Gasteiger charge is 2.26. The third-order valence-electron chi connectivity index (χ3n) is 7.38. The van der Waals surface area contributed by atoms with E-state index in [1.54, 1.807) is 25.6 Å². The zero-order chi connectivity index (χ0) is 29.3. The first-order valence-electron chi connectivity index (χ1n) is 14.3. The molecule has 0 atom stereocenters. The summed E-state index contributed by atoms with van der Waals surface area (Å²) in [6, 6.07) is 17.9. The quantitative estimate of drug-likeness (QED) is 0.226. The van der Waals surface area contributed by atoms with E-state index in [0.29, 0.717) is 31.2 Å². The fraction of sp³-hybridized carbons (Fsp3) is 0.387. The second kappa shape index (κ2) is 14.1. The normalized spacial score (nSPS) is 13.5. The summed E-state index contributed by atoms with van der Waals surface area (Å²) >= 11 is 1.57. The van der Waals surface area contributed by atoms with E-state index in [1.807, 2.05) is 61.7 Å². The zero-order valence-corrected chi connectivity index (χ0v) is 25.2. The summed E-state index contributed by atoms with van der Waals surface area (Å²) in [4.78, 5) is 15.1. The van der Waals surface area contributed by atoms with Crippen molar-refractivity contribution < 1.29 is 19.0 Å². The molecule has 2 aromatic carbocycles. The van der Waals surface area contributed by atoms with Crippen LogP contribution in [0.25, 0.3) is 5.13 Å². The van der Waals surface area contributed by atoms with Crippen LogP contribution in [0.4, 0.5) is 10.8 Å². The van der Waals surface area contributed by atoms with Gasteiger partial charge in [0, 0.05) is 43.1 Å². The average molecular weight is 591 g/mol. The number of nitrogens with zero attached hydrogens (tertiary/aromatic N) is 4. The van der Waals surface area contributed by atoms with Crippen molar-refractivity contribution in [3.8, 4) is 22.4 Å². The Morgan fingerprint density at radius 2 is 1.76 bits per heavy atom. The molecule has 0 aliphatic carbocycles. The zero-order valence-electron chi connectivity index (χ0n) is 24.3. The Bertz CT molecular complexity index is 1450. The first-order chi connectivity index (χ1) is 20.6. The number of anilines is 2. The summed E-state index contributed by atoms with van der Waals surface area (Å²) in [7, 11) is 3.25. The number of amides is 1. The first kappa shape index (κ1) is 29.2. The number of methoxy groups -OCH3 is 2. The summed E-state index contributed by atoms with van der Waals surface area (Å²) in [6.07, 6.45) is 4.32. The number of nitrogens with one attached hydrogen (secondary N) is 2. The van der Waals surface area contributed by atoms with Crippen molar-refractivity contribution in [1.82, 2.24) is 20.1 Å². The van der Waals surface area contributed by atoms with Crippen molar-refractivity contribution in [2.24, 2.45) is 5.92 Å². The molecule has 3 heterocycles. The van der Waals surface area contributed by atoms with E-state index in [9.17, 15) is 4.79 Å². The van der Waals surface area contributed by atoms with E-state index in [4.69, 9.17) is 14.2 Å². The summed E-state index contributed by atoms with van der Waals surface area (Å²) < 4.78 is 18.3. The molecule has 0 bridgehead atoms. The second-order valence-electron chi connectivity index (χ2n) is 10.0. The number of ether oxygens (including phenoxy) is 3. The number of rotatable bonds is 13. The molecule has 2 aromatic heterocycles. The fourth-order valence-corrected chi connectivity index (χ4v) is 5.97. The van der Waals surface area contributed by atoms with Crippen molar-refractivity contribution in [3.63, 3.8) is 0 Å². The van der Waals surface area contributed by atoms with Gasteiger partial charge in [-0.15, -0.1) is 10.2 Å². The maximum Gasteiger partial charge on any atom is 0.223 e. The molecule has 0 unspecified atom stereocenters. The molecule has 1 fully saturated rings. The molecule has 4 aromatic rings. The van der Waals surface area contributed by atoms with Crippen molar-refractivity contribution in [2.45, 2.75) is 32.7 Å². The lowest BCUT2D eigenvalue weighted by Gasteiger charge is -2.30. The molecule has 1 aliphatic heterocycles. The van der Waals surface area contributed by atoms with Crippen LogP contribution in [0.5, 0.6) is 17.2 Å². The molecule has 11 heteroatoms. The molecule has 42 heavy (non-hydrogen) atoms. The molecule has 0 saturated carbocycles. The number of piperidine rings is 1. The van der Waals surface area contributed by atoms with Crippen molar-refractivity contribution in [2.75, 3.05) is 50.7 Å². The highest BCUT2D eigenvalue weighted by Crippen LogP contribution is 2.30. The minimum absolute atomic E-state index is 0.00349. The van der Waals surface area contributed by atoms with Crippen LogP contribution in [0, 0.1) is 5.92 Å². The third kappa shape index (κ3) is 7.14. The van der Waals surface area contributed by atoms with Crippen LogP contribution in [0.1, 0.15) is 31.0 Å². The van der Waals surface area contributed by atoms with Gasteiger partial charge < -0.3 is 29.7 Å². The van der Waals surface area contributed by atoms with Crippen LogP contribution < -0.4 is 29.7 Å². The highest BCUT2D eigenvalue weighted by atomic mass is 32.1. The molecular weight excluding hydrogens is 552 g/mol. The van der Waals surface area contributed by atoms with E-state index in [-0.39, 0.29) is 11.8 Å². The van der Waals surface area contributed by atoms with Gasteiger partial charge in [-0.05, 0) is 80.3 Å². The Morgan fingerprint density at radius 3 is 2.50 bits per heavy atom. The molecule has 222 valence electrons. The third-order valence-corrected chi connectivity index (χ3v) is 8.36. The topological polar surface area (TPSA) is 103 Å². The molecular formula is C31H38N6O4S. The Kier molecular flexibility index (Phi) is 9.81. The smallest absolute Gasteiger partial charge is 0.223 e. The first-order valence-corrected chi connectivity index (χ1v) is 15.1. The van der Waals surface area contributed by atoms with Crippen LogP contribution in [0.2, 0.25) is 0 Å². The number of hydrogen-bond donors (Lipinski definition) is 2. The van der Waals surface area contributed by atoms with Crippen molar-refractivity contribution >= 4 is 28.1 Å². The van der Waals surface area contributed by atoms with E-state index in [2.05, 4.69) is 36.4 Å². The average Bonchev–Trinajstić information content (AvgIpc) is 3.71. The van der Waals surface area contributed by atoms with Crippen LogP contribution in [-0.2, 0) is 17.8 Å². The molecule has 1 aliphatic rings. The van der Waals surface area contributed by atoms with E-state index >= 15 is 0 Å². The van der Waals surface area contributed by atoms with Gasteiger partial charge in [-0.25, -0.2) is 0 Å². The molecule has 2 N–H and O–H groups in total. The monoisotopic (exact) mass is 590 g/mol. The maximum atomic E-state index is 12.8. The number of carbonyl (C=O) groups excluding carboxylic acids is 1. The molecule has 0 radical (unpaired) electrons. The highest BCUT2D eigenvalue weighted by molar-refractivity contribution is 7.17.